The normalized spacial score (nSPS) is 20.2. The first kappa shape index (κ1) is 14.4. The molecular formula is C12H24N2O3. The van der Waals surface area contributed by atoms with Gasteiger partial charge in [-0.25, -0.2) is 0 Å². The highest BCUT2D eigenvalue weighted by Crippen LogP contribution is 2.10. The van der Waals surface area contributed by atoms with E-state index >= 15 is 0 Å². The van der Waals surface area contributed by atoms with Crippen LogP contribution in [-0.2, 0) is 14.3 Å². The molecule has 1 aliphatic heterocycles. The van der Waals surface area contributed by atoms with Crippen molar-refractivity contribution < 1.29 is 14.3 Å². The highest BCUT2D eigenvalue weighted by Gasteiger charge is 2.28. The Morgan fingerprint density at radius 2 is 2.24 bits per heavy atom. The zero-order chi connectivity index (χ0) is 12.5. The fourth-order valence-corrected chi connectivity index (χ4v) is 1.98. The van der Waals surface area contributed by atoms with Crippen molar-refractivity contribution >= 4 is 5.91 Å². The van der Waals surface area contributed by atoms with Crippen molar-refractivity contribution in [2.24, 2.45) is 0 Å². The van der Waals surface area contributed by atoms with Crippen molar-refractivity contribution in [2.45, 2.75) is 32.4 Å². The molecule has 0 aliphatic carbocycles. The predicted molar refractivity (Wildman–Crippen MR) is 65.7 cm³/mol. The lowest BCUT2D eigenvalue weighted by Gasteiger charge is -2.23. The molecule has 0 saturated carbocycles. The molecule has 1 heterocycles. The van der Waals surface area contributed by atoms with E-state index in [9.17, 15) is 4.79 Å². The Kier molecular flexibility index (Phi) is 7.16. The second-order valence-corrected chi connectivity index (χ2v) is 4.23. The summed E-state index contributed by atoms with van der Waals surface area (Å²) in [6, 6.07) is 0. The van der Waals surface area contributed by atoms with Crippen molar-refractivity contribution in [1.29, 1.82) is 0 Å². The van der Waals surface area contributed by atoms with Gasteiger partial charge in [-0.2, -0.15) is 0 Å². The van der Waals surface area contributed by atoms with Gasteiger partial charge in [-0.15, -0.1) is 0 Å². The molecule has 0 aromatic rings. The molecule has 1 atom stereocenters. The van der Waals surface area contributed by atoms with E-state index in [-0.39, 0.29) is 12.1 Å². The third kappa shape index (κ3) is 5.02. The van der Waals surface area contributed by atoms with Gasteiger partial charge >= 0.3 is 0 Å². The highest BCUT2D eigenvalue weighted by atomic mass is 16.5. The first-order valence-corrected chi connectivity index (χ1v) is 6.39. The maximum Gasteiger partial charge on any atom is 0.237 e. The molecule has 0 spiro atoms. The van der Waals surface area contributed by atoms with Gasteiger partial charge in [0.15, 0.2) is 0 Å². The molecule has 0 aromatic carbocycles. The lowest BCUT2D eigenvalue weighted by Crippen LogP contribution is -2.38. The van der Waals surface area contributed by atoms with E-state index in [1.165, 1.54) is 0 Å². The molecule has 1 N–H and O–H groups in total. The van der Waals surface area contributed by atoms with E-state index in [0.717, 1.165) is 25.8 Å². The summed E-state index contributed by atoms with van der Waals surface area (Å²) >= 11 is 0. The highest BCUT2D eigenvalue weighted by molar-refractivity contribution is 5.80. The molecule has 1 amide bonds. The molecule has 1 fully saturated rings. The second kappa shape index (κ2) is 8.44. The number of rotatable bonds is 9. The standard InChI is InChI=1S/C12H24N2O3/c1-3-5-11-13-10-12(15)14(11)6-4-7-17-9-8-16-2/h11,13H,3-10H2,1-2H3. The van der Waals surface area contributed by atoms with Gasteiger partial charge in [0.2, 0.25) is 5.91 Å². The minimum absolute atomic E-state index is 0.209. The molecule has 100 valence electrons. The molecule has 1 rings (SSSR count). The quantitative estimate of drug-likeness (QED) is 0.603. The van der Waals surface area contributed by atoms with Crippen LogP contribution in [0.4, 0.5) is 0 Å². The summed E-state index contributed by atoms with van der Waals surface area (Å²) in [4.78, 5) is 13.6. The van der Waals surface area contributed by atoms with Crippen LogP contribution in [0.2, 0.25) is 0 Å². The van der Waals surface area contributed by atoms with Crippen LogP contribution in [0.25, 0.3) is 0 Å². The average Bonchev–Trinajstić information content (AvgIpc) is 2.66. The number of ether oxygens (including phenoxy) is 2. The van der Waals surface area contributed by atoms with Crippen LogP contribution >= 0.6 is 0 Å². The first-order valence-electron chi connectivity index (χ1n) is 6.39. The summed E-state index contributed by atoms with van der Waals surface area (Å²) in [6.07, 6.45) is 3.23. The summed E-state index contributed by atoms with van der Waals surface area (Å²) in [5, 5.41) is 3.23. The van der Waals surface area contributed by atoms with Crippen molar-refractivity contribution in [2.75, 3.05) is 40.0 Å². The number of hydrogen-bond donors (Lipinski definition) is 1. The molecule has 0 bridgehead atoms. The van der Waals surface area contributed by atoms with Gasteiger partial charge in [0.05, 0.1) is 25.9 Å². The van der Waals surface area contributed by atoms with Gasteiger partial charge in [-0.3, -0.25) is 10.1 Å². The van der Waals surface area contributed by atoms with Crippen LogP contribution in [0.15, 0.2) is 0 Å². The van der Waals surface area contributed by atoms with E-state index in [1.807, 2.05) is 4.90 Å². The van der Waals surface area contributed by atoms with Gasteiger partial charge in [0.25, 0.3) is 0 Å². The second-order valence-electron chi connectivity index (χ2n) is 4.23. The monoisotopic (exact) mass is 244 g/mol. The number of carbonyl (C=O) groups is 1. The van der Waals surface area contributed by atoms with Crippen molar-refractivity contribution in [3.05, 3.63) is 0 Å². The Morgan fingerprint density at radius 1 is 1.41 bits per heavy atom. The number of nitrogens with one attached hydrogen (secondary N) is 1. The molecule has 0 aromatic heterocycles. The number of methoxy groups -OCH3 is 1. The van der Waals surface area contributed by atoms with E-state index in [1.54, 1.807) is 7.11 Å². The fraction of sp³-hybridized carbons (Fsp3) is 0.917. The Balaban J connectivity index is 2.13. The molecule has 0 radical (unpaired) electrons. The zero-order valence-corrected chi connectivity index (χ0v) is 10.9. The van der Waals surface area contributed by atoms with E-state index < -0.39 is 0 Å². The maximum atomic E-state index is 11.6. The summed E-state index contributed by atoms with van der Waals surface area (Å²) in [5.74, 6) is 0.209. The number of carbonyl (C=O) groups excluding carboxylic acids is 1. The Morgan fingerprint density at radius 3 is 2.94 bits per heavy atom. The minimum Gasteiger partial charge on any atom is -0.382 e. The number of amides is 1. The van der Waals surface area contributed by atoms with Gasteiger partial charge in [-0.1, -0.05) is 13.3 Å². The first-order chi connectivity index (χ1) is 8.29. The molecule has 5 nitrogen and oxygen atoms in total. The third-order valence-corrected chi connectivity index (χ3v) is 2.87. The molecule has 1 unspecified atom stereocenters. The molecule has 17 heavy (non-hydrogen) atoms. The Labute approximate surface area is 103 Å². The van der Waals surface area contributed by atoms with Crippen LogP contribution in [0, 0.1) is 0 Å². The maximum absolute atomic E-state index is 11.6. The van der Waals surface area contributed by atoms with Gasteiger partial charge in [0, 0.05) is 20.3 Å². The molecule has 1 saturated heterocycles. The largest absolute Gasteiger partial charge is 0.382 e. The summed E-state index contributed by atoms with van der Waals surface area (Å²) < 4.78 is 10.3. The summed E-state index contributed by atoms with van der Waals surface area (Å²) in [6.45, 7) is 5.34. The van der Waals surface area contributed by atoms with E-state index in [0.29, 0.717) is 26.4 Å². The van der Waals surface area contributed by atoms with Crippen molar-refractivity contribution in [1.82, 2.24) is 10.2 Å². The summed E-state index contributed by atoms with van der Waals surface area (Å²) in [7, 11) is 1.66. The van der Waals surface area contributed by atoms with E-state index in [2.05, 4.69) is 12.2 Å². The lowest BCUT2D eigenvalue weighted by atomic mass is 10.2. The summed E-state index contributed by atoms with van der Waals surface area (Å²) in [5.41, 5.74) is 0. The molecular weight excluding hydrogens is 220 g/mol. The molecule has 5 heteroatoms. The van der Waals surface area contributed by atoms with Crippen LogP contribution in [0.5, 0.6) is 0 Å². The minimum atomic E-state index is 0.209. The Hall–Kier alpha value is -0.650. The van der Waals surface area contributed by atoms with Crippen molar-refractivity contribution in [3.8, 4) is 0 Å². The van der Waals surface area contributed by atoms with Gasteiger partial charge < -0.3 is 14.4 Å². The smallest absolute Gasteiger partial charge is 0.237 e. The van der Waals surface area contributed by atoms with Crippen LogP contribution < -0.4 is 5.32 Å². The fourth-order valence-electron chi connectivity index (χ4n) is 1.98. The predicted octanol–water partition coefficient (Wildman–Crippen LogP) is 0.598. The van der Waals surface area contributed by atoms with Crippen LogP contribution in [0.3, 0.4) is 0 Å². The zero-order valence-electron chi connectivity index (χ0n) is 10.9. The SMILES string of the molecule is CCCC1NCC(=O)N1CCCOCCOC. The number of hydrogen-bond acceptors (Lipinski definition) is 4. The third-order valence-electron chi connectivity index (χ3n) is 2.87. The Bertz CT molecular complexity index is 224. The molecule has 1 aliphatic rings. The van der Waals surface area contributed by atoms with Gasteiger partial charge in [-0.05, 0) is 12.8 Å². The van der Waals surface area contributed by atoms with Crippen LogP contribution in [-0.4, -0.2) is 57.0 Å². The van der Waals surface area contributed by atoms with E-state index in [4.69, 9.17) is 9.47 Å². The average molecular weight is 244 g/mol. The lowest BCUT2D eigenvalue weighted by molar-refractivity contribution is -0.128. The topological polar surface area (TPSA) is 50.8 Å². The van der Waals surface area contributed by atoms with Crippen LogP contribution in [0.1, 0.15) is 26.2 Å². The van der Waals surface area contributed by atoms with Crippen molar-refractivity contribution in [3.63, 3.8) is 0 Å². The van der Waals surface area contributed by atoms with Gasteiger partial charge in [0.1, 0.15) is 0 Å². The number of nitrogens with zero attached hydrogens (tertiary/aromatic N) is 1.